The predicted molar refractivity (Wildman–Crippen MR) is 130 cm³/mol. The molecule has 176 valence electrons. The zero-order chi connectivity index (χ0) is 24.4. The first kappa shape index (κ1) is 22.5. The van der Waals surface area contributed by atoms with Crippen molar-refractivity contribution in [2.45, 2.75) is 32.6 Å². The third-order valence-corrected chi connectivity index (χ3v) is 5.91. The van der Waals surface area contributed by atoms with Crippen LogP contribution < -0.4 is 0 Å². The number of aryl methyl sites for hydroxylation is 1. The third-order valence-electron chi connectivity index (χ3n) is 5.91. The van der Waals surface area contributed by atoms with Crippen LogP contribution in [0.1, 0.15) is 41.1 Å². The molecule has 2 aromatic carbocycles. The fourth-order valence-corrected chi connectivity index (χ4v) is 4.25. The Morgan fingerprint density at radius 1 is 0.971 bits per heavy atom. The minimum Gasteiger partial charge on any atom is -0.481 e. The number of carboxylic acid groups (broad SMARTS) is 1. The molecule has 0 atom stereocenters. The molecule has 0 amide bonds. The molecular weight excluding hydrogens is 445 g/mol. The highest BCUT2D eigenvalue weighted by molar-refractivity contribution is 5.71. The molecule has 0 radical (unpaired) electrons. The van der Waals surface area contributed by atoms with Crippen LogP contribution in [-0.2, 0) is 30.5 Å². The number of aliphatic carboxylic acids is 1. The van der Waals surface area contributed by atoms with Crippen LogP contribution in [-0.4, -0.2) is 25.4 Å². The first-order valence-electron chi connectivity index (χ1n) is 11.5. The zero-order valence-corrected chi connectivity index (χ0v) is 19.2. The van der Waals surface area contributed by atoms with Gasteiger partial charge in [-0.15, -0.1) is 0 Å². The van der Waals surface area contributed by atoms with Gasteiger partial charge in [-0.1, -0.05) is 49.4 Å². The van der Waals surface area contributed by atoms with E-state index in [2.05, 4.69) is 0 Å². The molecule has 6 nitrogen and oxygen atoms in total. The summed E-state index contributed by atoms with van der Waals surface area (Å²) in [6.45, 7) is 2.01. The molecule has 5 rings (SSSR count). The van der Waals surface area contributed by atoms with Crippen molar-refractivity contribution in [3.63, 3.8) is 0 Å². The number of benzene rings is 2. The topological polar surface area (TPSA) is 80.6 Å². The molecule has 7 heteroatoms. The molecule has 0 bridgehead atoms. The number of halogens is 1. The van der Waals surface area contributed by atoms with E-state index in [4.69, 9.17) is 14.4 Å². The average Bonchev–Trinajstić information content (AvgIpc) is 3.44. The van der Waals surface area contributed by atoms with Gasteiger partial charge in [0.05, 0.1) is 35.6 Å². The summed E-state index contributed by atoms with van der Waals surface area (Å²) in [5, 5.41) is 9.68. The van der Waals surface area contributed by atoms with Gasteiger partial charge in [0.1, 0.15) is 17.3 Å². The van der Waals surface area contributed by atoms with Crippen molar-refractivity contribution < 1.29 is 18.7 Å². The van der Waals surface area contributed by atoms with Gasteiger partial charge in [-0.25, -0.2) is 14.4 Å². The second-order valence-corrected chi connectivity index (χ2v) is 8.41. The van der Waals surface area contributed by atoms with E-state index in [0.717, 1.165) is 29.1 Å². The Kier molecular flexibility index (Phi) is 6.14. The minimum absolute atomic E-state index is 0.199. The van der Waals surface area contributed by atoms with E-state index in [1.54, 1.807) is 6.07 Å². The number of fused-ring (bicyclic) bond motifs is 1. The largest absolute Gasteiger partial charge is 0.481 e. The molecule has 5 aromatic rings. The summed E-state index contributed by atoms with van der Waals surface area (Å²) in [6.07, 6.45) is 3.12. The summed E-state index contributed by atoms with van der Waals surface area (Å²) in [6, 6.07) is 19.9. The Morgan fingerprint density at radius 3 is 2.49 bits per heavy atom. The van der Waals surface area contributed by atoms with Gasteiger partial charge in [0.25, 0.3) is 0 Å². The summed E-state index contributed by atoms with van der Waals surface area (Å²) in [7, 11) is 0. The first-order chi connectivity index (χ1) is 17.0. The fourth-order valence-electron chi connectivity index (χ4n) is 4.25. The van der Waals surface area contributed by atoms with E-state index < -0.39 is 5.97 Å². The predicted octanol–water partition coefficient (Wildman–Crippen LogP) is 5.50. The van der Waals surface area contributed by atoms with Gasteiger partial charge in [-0.2, -0.15) is 0 Å². The van der Waals surface area contributed by atoms with Gasteiger partial charge in [-0.3, -0.25) is 9.20 Å². The van der Waals surface area contributed by atoms with Crippen LogP contribution >= 0.6 is 0 Å². The average molecular weight is 470 g/mol. The SMILES string of the molecule is CCc1ccc(Cc2nc3c(Cc4cccc(F)c4)nc(-c4ccccc4)cn3c2CC(=O)O)o1. The zero-order valence-electron chi connectivity index (χ0n) is 19.2. The van der Waals surface area contributed by atoms with Crippen LogP contribution in [0, 0.1) is 5.82 Å². The number of carbonyl (C=O) groups is 1. The maximum atomic E-state index is 13.9. The second kappa shape index (κ2) is 9.54. The van der Waals surface area contributed by atoms with Crippen molar-refractivity contribution in [1.82, 2.24) is 14.4 Å². The third kappa shape index (κ3) is 4.84. The standard InChI is InChI=1S/C28H24FN3O3/c1-2-21-11-12-22(35-21)15-23-26(16-27(33)34)32-17-25(19-8-4-3-5-9-19)30-24(28(32)31-23)14-18-7-6-10-20(29)13-18/h3-13,17H,2,14-16H2,1H3,(H,33,34). The number of carboxylic acids is 1. The van der Waals surface area contributed by atoms with E-state index in [1.807, 2.05) is 66.1 Å². The second-order valence-electron chi connectivity index (χ2n) is 8.41. The van der Waals surface area contributed by atoms with E-state index in [-0.39, 0.29) is 12.2 Å². The van der Waals surface area contributed by atoms with Crippen molar-refractivity contribution in [2.75, 3.05) is 0 Å². The van der Waals surface area contributed by atoms with Crippen LogP contribution in [0.25, 0.3) is 16.9 Å². The lowest BCUT2D eigenvalue weighted by molar-refractivity contribution is -0.136. The van der Waals surface area contributed by atoms with Crippen molar-refractivity contribution in [3.05, 3.63) is 113 Å². The number of aromatic nitrogens is 3. The Balaban J connectivity index is 1.69. The maximum absolute atomic E-state index is 13.9. The van der Waals surface area contributed by atoms with Gasteiger partial charge >= 0.3 is 5.97 Å². The molecule has 0 spiro atoms. The van der Waals surface area contributed by atoms with Crippen LogP contribution in [0.5, 0.6) is 0 Å². The van der Waals surface area contributed by atoms with E-state index in [1.165, 1.54) is 12.1 Å². The highest BCUT2D eigenvalue weighted by Gasteiger charge is 2.21. The molecule has 0 unspecified atom stereocenters. The number of nitrogens with zero attached hydrogens (tertiary/aromatic N) is 3. The van der Waals surface area contributed by atoms with E-state index in [0.29, 0.717) is 41.3 Å². The van der Waals surface area contributed by atoms with Gasteiger partial charge < -0.3 is 9.52 Å². The van der Waals surface area contributed by atoms with Crippen molar-refractivity contribution in [1.29, 1.82) is 0 Å². The summed E-state index contributed by atoms with van der Waals surface area (Å²) in [5.74, 6) is 0.313. The molecule has 0 saturated carbocycles. The molecule has 0 saturated heterocycles. The molecule has 0 fully saturated rings. The van der Waals surface area contributed by atoms with Gasteiger partial charge in [0.15, 0.2) is 5.65 Å². The van der Waals surface area contributed by atoms with Crippen LogP contribution in [0.2, 0.25) is 0 Å². The molecule has 3 heterocycles. The maximum Gasteiger partial charge on any atom is 0.309 e. The highest BCUT2D eigenvalue weighted by atomic mass is 19.1. The molecule has 1 N–H and O–H groups in total. The Labute approximate surface area is 201 Å². The van der Waals surface area contributed by atoms with Crippen LogP contribution in [0.15, 0.2) is 77.3 Å². The van der Waals surface area contributed by atoms with E-state index >= 15 is 0 Å². The van der Waals surface area contributed by atoms with Crippen LogP contribution in [0.3, 0.4) is 0 Å². The number of furan rings is 1. The summed E-state index contributed by atoms with van der Waals surface area (Å²) in [5.41, 5.74) is 4.73. The quantitative estimate of drug-likeness (QED) is 0.325. The fraction of sp³-hybridized carbons (Fsp3) is 0.179. The Hall–Kier alpha value is -4.26. The highest BCUT2D eigenvalue weighted by Crippen LogP contribution is 2.26. The molecular formula is C28H24FN3O3. The van der Waals surface area contributed by atoms with Crippen molar-refractivity contribution in [3.8, 4) is 11.3 Å². The molecule has 3 aromatic heterocycles. The first-order valence-corrected chi connectivity index (χ1v) is 11.5. The lowest BCUT2D eigenvalue weighted by Crippen LogP contribution is -2.08. The number of hydrogen-bond donors (Lipinski definition) is 1. The van der Waals surface area contributed by atoms with Gasteiger partial charge in [0, 0.05) is 24.6 Å². The summed E-state index contributed by atoms with van der Waals surface area (Å²) < 4.78 is 21.6. The Morgan fingerprint density at radius 2 is 1.77 bits per heavy atom. The molecule has 35 heavy (non-hydrogen) atoms. The summed E-state index contributed by atoms with van der Waals surface area (Å²) >= 11 is 0. The summed E-state index contributed by atoms with van der Waals surface area (Å²) in [4.78, 5) is 21.5. The smallest absolute Gasteiger partial charge is 0.309 e. The number of hydrogen-bond acceptors (Lipinski definition) is 4. The minimum atomic E-state index is -0.952. The molecule has 0 aliphatic rings. The van der Waals surface area contributed by atoms with Crippen LogP contribution in [0.4, 0.5) is 4.39 Å². The van der Waals surface area contributed by atoms with Gasteiger partial charge in [-0.05, 0) is 29.8 Å². The van der Waals surface area contributed by atoms with E-state index in [9.17, 15) is 14.3 Å². The normalized spacial score (nSPS) is 11.3. The lowest BCUT2D eigenvalue weighted by Gasteiger charge is -2.10. The van der Waals surface area contributed by atoms with Crippen molar-refractivity contribution in [2.24, 2.45) is 0 Å². The number of rotatable bonds is 8. The number of imidazole rings is 1. The van der Waals surface area contributed by atoms with Gasteiger partial charge in [0.2, 0.25) is 0 Å². The lowest BCUT2D eigenvalue weighted by atomic mass is 10.1. The monoisotopic (exact) mass is 469 g/mol. The Bertz CT molecular complexity index is 1500. The molecule has 0 aliphatic carbocycles. The van der Waals surface area contributed by atoms with Crippen molar-refractivity contribution >= 4 is 11.6 Å². The molecule has 0 aliphatic heterocycles.